The van der Waals surface area contributed by atoms with Crippen LogP contribution in [0.15, 0.2) is 48.5 Å². The summed E-state index contributed by atoms with van der Waals surface area (Å²) in [7, 11) is 0. The van der Waals surface area contributed by atoms with Crippen LogP contribution in [0.2, 0.25) is 5.02 Å². The highest BCUT2D eigenvalue weighted by Gasteiger charge is 2.08. The number of benzene rings is 2. The molecule has 0 fully saturated rings. The van der Waals surface area contributed by atoms with Gasteiger partial charge in [0.25, 0.3) is 0 Å². The molecule has 0 saturated carbocycles. The molecule has 2 rings (SSSR count). The molecular formula is C16H17ClFNO. The lowest BCUT2D eigenvalue weighted by atomic mass is 10.1. The molecule has 0 aliphatic heterocycles. The van der Waals surface area contributed by atoms with E-state index in [0.717, 1.165) is 17.5 Å². The highest BCUT2D eigenvalue weighted by molar-refractivity contribution is 6.30. The SMILES string of the molecule is OCC(Cc1ccccc1)NCc1ccc(F)c(Cl)c1. The lowest BCUT2D eigenvalue weighted by molar-refractivity contribution is 0.241. The molecular weight excluding hydrogens is 277 g/mol. The molecule has 2 aromatic rings. The molecule has 0 radical (unpaired) electrons. The Kier molecular flexibility index (Phi) is 5.53. The molecule has 2 aromatic carbocycles. The first kappa shape index (κ1) is 15.0. The van der Waals surface area contributed by atoms with Crippen molar-refractivity contribution < 1.29 is 9.50 Å². The van der Waals surface area contributed by atoms with Crippen LogP contribution in [0.1, 0.15) is 11.1 Å². The maximum absolute atomic E-state index is 13.1. The standard InChI is InChI=1S/C16H17ClFNO/c17-15-9-13(6-7-16(15)18)10-19-14(11-20)8-12-4-2-1-3-5-12/h1-7,9,14,19-20H,8,10-11H2. The van der Waals surface area contributed by atoms with Gasteiger partial charge in [-0.05, 0) is 29.7 Å². The van der Waals surface area contributed by atoms with Crippen molar-refractivity contribution in [2.75, 3.05) is 6.61 Å². The fourth-order valence-corrected chi connectivity index (χ4v) is 2.21. The number of aliphatic hydroxyl groups excluding tert-OH is 1. The summed E-state index contributed by atoms with van der Waals surface area (Å²) >= 11 is 5.74. The summed E-state index contributed by atoms with van der Waals surface area (Å²) in [5, 5.41) is 12.8. The van der Waals surface area contributed by atoms with Crippen LogP contribution in [0.5, 0.6) is 0 Å². The zero-order valence-corrected chi connectivity index (χ0v) is 11.8. The predicted octanol–water partition coefficient (Wildman–Crippen LogP) is 3.17. The van der Waals surface area contributed by atoms with Gasteiger partial charge in [-0.1, -0.05) is 48.0 Å². The van der Waals surface area contributed by atoms with Gasteiger partial charge < -0.3 is 10.4 Å². The molecule has 2 nitrogen and oxygen atoms in total. The maximum atomic E-state index is 13.1. The number of hydrogen-bond acceptors (Lipinski definition) is 2. The van der Waals surface area contributed by atoms with Crippen molar-refractivity contribution in [2.45, 2.75) is 19.0 Å². The Morgan fingerprint density at radius 2 is 1.85 bits per heavy atom. The second-order valence-corrected chi connectivity index (χ2v) is 5.11. The van der Waals surface area contributed by atoms with Crippen molar-refractivity contribution in [3.8, 4) is 0 Å². The minimum absolute atomic E-state index is 0.0405. The summed E-state index contributed by atoms with van der Waals surface area (Å²) in [6, 6.07) is 14.6. The van der Waals surface area contributed by atoms with E-state index < -0.39 is 5.82 Å². The quantitative estimate of drug-likeness (QED) is 0.857. The molecule has 0 spiro atoms. The Bertz CT molecular complexity index is 547. The van der Waals surface area contributed by atoms with Crippen LogP contribution in [0.3, 0.4) is 0 Å². The number of hydrogen-bond donors (Lipinski definition) is 2. The average Bonchev–Trinajstić information content (AvgIpc) is 2.48. The zero-order valence-electron chi connectivity index (χ0n) is 11.0. The van der Waals surface area contributed by atoms with Gasteiger partial charge in [-0.25, -0.2) is 4.39 Å². The van der Waals surface area contributed by atoms with Gasteiger partial charge in [-0.15, -0.1) is 0 Å². The second-order valence-electron chi connectivity index (χ2n) is 4.70. The Labute approximate surface area is 123 Å². The van der Waals surface area contributed by atoms with Crippen LogP contribution >= 0.6 is 11.6 Å². The van der Waals surface area contributed by atoms with E-state index in [9.17, 15) is 9.50 Å². The summed E-state index contributed by atoms with van der Waals surface area (Å²) in [4.78, 5) is 0. The van der Waals surface area contributed by atoms with Crippen molar-refractivity contribution in [2.24, 2.45) is 0 Å². The average molecular weight is 294 g/mol. The third-order valence-corrected chi connectivity index (χ3v) is 3.41. The van der Waals surface area contributed by atoms with Crippen LogP contribution in [0, 0.1) is 5.82 Å². The molecule has 0 bridgehead atoms. The van der Waals surface area contributed by atoms with Crippen molar-refractivity contribution in [1.82, 2.24) is 5.32 Å². The lowest BCUT2D eigenvalue weighted by Crippen LogP contribution is -2.34. The van der Waals surface area contributed by atoms with Crippen molar-refractivity contribution in [3.05, 3.63) is 70.5 Å². The molecule has 1 unspecified atom stereocenters. The molecule has 20 heavy (non-hydrogen) atoms. The van der Waals surface area contributed by atoms with E-state index in [1.165, 1.54) is 6.07 Å². The van der Waals surface area contributed by atoms with E-state index in [1.807, 2.05) is 30.3 Å². The molecule has 0 saturated heterocycles. The molecule has 1 atom stereocenters. The first-order valence-electron chi connectivity index (χ1n) is 6.51. The minimum atomic E-state index is -0.418. The lowest BCUT2D eigenvalue weighted by Gasteiger charge is -2.16. The van der Waals surface area contributed by atoms with Gasteiger partial charge in [-0.3, -0.25) is 0 Å². The topological polar surface area (TPSA) is 32.3 Å². The van der Waals surface area contributed by atoms with Crippen LogP contribution in [-0.2, 0) is 13.0 Å². The number of nitrogens with one attached hydrogen (secondary N) is 1. The number of halogens is 2. The van der Waals surface area contributed by atoms with E-state index in [1.54, 1.807) is 12.1 Å². The Morgan fingerprint density at radius 3 is 2.50 bits per heavy atom. The molecule has 0 aliphatic rings. The normalized spacial score (nSPS) is 12.3. The molecule has 0 aromatic heterocycles. The molecule has 0 amide bonds. The molecule has 106 valence electrons. The van der Waals surface area contributed by atoms with E-state index in [2.05, 4.69) is 5.32 Å². The van der Waals surface area contributed by atoms with Gasteiger partial charge in [0.05, 0.1) is 11.6 Å². The zero-order chi connectivity index (χ0) is 14.4. The monoisotopic (exact) mass is 293 g/mol. The van der Waals surface area contributed by atoms with Crippen molar-refractivity contribution in [1.29, 1.82) is 0 Å². The third kappa shape index (κ3) is 4.30. The largest absolute Gasteiger partial charge is 0.395 e. The van der Waals surface area contributed by atoms with Crippen LogP contribution < -0.4 is 5.32 Å². The van der Waals surface area contributed by atoms with Gasteiger partial charge in [0, 0.05) is 12.6 Å². The summed E-state index contributed by atoms with van der Waals surface area (Å²) in [6.07, 6.45) is 0.742. The van der Waals surface area contributed by atoms with Crippen LogP contribution in [-0.4, -0.2) is 17.8 Å². The summed E-state index contributed by atoms with van der Waals surface area (Å²) in [6.45, 7) is 0.585. The predicted molar refractivity (Wildman–Crippen MR) is 79.3 cm³/mol. The van der Waals surface area contributed by atoms with Gasteiger partial charge in [0.1, 0.15) is 5.82 Å². The third-order valence-electron chi connectivity index (χ3n) is 3.12. The Balaban J connectivity index is 1.92. The number of aliphatic hydroxyl groups is 1. The highest BCUT2D eigenvalue weighted by atomic mass is 35.5. The van der Waals surface area contributed by atoms with E-state index in [-0.39, 0.29) is 17.7 Å². The summed E-state index contributed by atoms with van der Waals surface area (Å²) < 4.78 is 13.1. The first-order valence-corrected chi connectivity index (χ1v) is 6.89. The smallest absolute Gasteiger partial charge is 0.141 e. The van der Waals surface area contributed by atoms with E-state index >= 15 is 0 Å². The van der Waals surface area contributed by atoms with E-state index in [0.29, 0.717) is 6.54 Å². The molecule has 4 heteroatoms. The molecule has 0 heterocycles. The van der Waals surface area contributed by atoms with E-state index in [4.69, 9.17) is 11.6 Å². The Morgan fingerprint density at radius 1 is 1.10 bits per heavy atom. The second kappa shape index (κ2) is 7.39. The van der Waals surface area contributed by atoms with Crippen molar-refractivity contribution >= 4 is 11.6 Å². The van der Waals surface area contributed by atoms with Gasteiger partial charge in [0.15, 0.2) is 0 Å². The maximum Gasteiger partial charge on any atom is 0.141 e. The first-order chi connectivity index (χ1) is 9.69. The van der Waals surface area contributed by atoms with Crippen LogP contribution in [0.4, 0.5) is 4.39 Å². The van der Waals surface area contributed by atoms with Gasteiger partial charge in [-0.2, -0.15) is 0 Å². The van der Waals surface area contributed by atoms with Crippen LogP contribution in [0.25, 0.3) is 0 Å². The number of rotatable bonds is 6. The minimum Gasteiger partial charge on any atom is -0.395 e. The fraction of sp³-hybridized carbons (Fsp3) is 0.250. The fourth-order valence-electron chi connectivity index (χ4n) is 2.01. The van der Waals surface area contributed by atoms with Gasteiger partial charge >= 0.3 is 0 Å². The molecule has 0 aliphatic carbocycles. The Hall–Kier alpha value is -1.42. The highest BCUT2D eigenvalue weighted by Crippen LogP contribution is 2.16. The summed E-state index contributed by atoms with van der Waals surface area (Å²) in [5.41, 5.74) is 2.05. The van der Waals surface area contributed by atoms with Gasteiger partial charge in [0.2, 0.25) is 0 Å². The molecule has 2 N–H and O–H groups in total. The summed E-state index contributed by atoms with van der Waals surface area (Å²) in [5.74, 6) is -0.418. The van der Waals surface area contributed by atoms with Crippen molar-refractivity contribution in [3.63, 3.8) is 0 Å².